The number of benzene rings is 2. The summed E-state index contributed by atoms with van der Waals surface area (Å²) < 4.78 is 5.01. The maximum Gasteiger partial charge on any atom is 0.417 e. The van der Waals surface area contributed by atoms with Crippen LogP contribution in [-0.4, -0.2) is 11.5 Å². The van der Waals surface area contributed by atoms with Gasteiger partial charge in [0.2, 0.25) is 0 Å². The molecule has 0 spiro atoms. The smallest absolute Gasteiger partial charge is 0.408 e. The minimum atomic E-state index is -0.473. The van der Waals surface area contributed by atoms with Crippen LogP contribution in [0, 0.1) is 0 Å². The summed E-state index contributed by atoms with van der Waals surface area (Å²) in [5, 5.41) is 0. The summed E-state index contributed by atoms with van der Waals surface area (Å²) in [6.45, 7) is 2.82. The summed E-state index contributed by atoms with van der Waals surface area (Å²) in [5.74, 6) is -0.473. The predicted octanol–water partition coefficient (Wildman–Crippen LogP) is 2.86. The average Bonchev–Trinajstić information content (AvgIpc) is 2.80. The van der Waals surface area contributed by atoms with Crippen molar-refractivity contribution in [3.8, 4) is 0 Å². The number of oxazole rings is 1. The lowest BCUT2D eigenvalue weighted by atomic mass is 10.2. The van der Waals surface area contributed by atoms with Crippen molar-refractivity contribution in [2.24, 2.45) is 0 Å². The molecule has 0 atom stereocenters. The first kappa shape index (κ1) is 12.3. The highest BCUT2D eigenvalue weighted by molar-refractivity contribution is 5.87. The zero-order valence-electron chi connectivity index (χ0n) is 11.1. The third kappa shape index (κ3) is 2.03. The fourth-order valence-corrected chi connectivity index (χ4v) is 2.34. The van der Waals surface area contributed by atoms with Gasteiger partial charge in [0, 0.05) is 18.3 Å². The van der Waals surface area contributed by atoms with Crippen molar-refractivity contribution in [2.45, 2.75) is 6.92 Å². The maximum absolute atomic E-state index is 11.2. The summed E-state index contributed by atoms with van der Waals surface area (Å²) in [7, 11) is 0. The van der Waals surface area contributed by atoms with Crippen LogP contribution in [0.5, 0.6) is 0 Å². The van der Waals surface area contributed by atoms with Gasteiger partial charge in [-0.1, -0.05) is 18.2 Å². The number of aromatic amines is 1. The van der Waals surface area contributed by atoms with Crippen molar-refractivity contribution in [1.82, 2.24) is 4.98 Å². The van der Waals surface area contributed by atoms with Crippen molar-refractivity contribution in [2.75, 3.05) is 17.2 Å². The Balaban J connectivity index is 2.16. The second-order valence-corrected chi connectivity index (χ2v) is 4.50. The second kappa shape index (κ2) is 4.77. The van der Waals surface area contributed by atoms with Gasteiger partial charge in [-0.2, -0.15) is 0 Å². The van der Waals surface area contributed by atoms with Crippen LogP contribution in [0.2, 0.25) is 0 Å². The number of H-pyrrole nitrogens is 1. The molecular weight excluding hydrogens is 254 g/mol. The molecule has 0 fully saturated rings. The fraction of sp³-hybridized carbons (Fsp3) is 0.133. The van der Waals surface area contributed by atoms with Crippen molar-refractivity contribution in [3.05, 3.63) is 53.0 Å². The Kier molecular flexibility index (Phi) is 2.95. The number of nitrogens with zero attached hydrogens (tertiary/aromatic N) is 1. The van der Waals surface area contributed by atoms with Crippen LogP contribution in [-0.2, 0) is 0 Å². The minimum absolute atomic E-state index is 0.473. The lowest BCUT2D eigenvalue weighted by Crippen LogP contribution is -2.17. The van der Waals surface area contributed by atoms with Crippen molar-refractivity contribution in [3.63, 3.8) is 0 Å². The van der Waals surface area contributed by atoms with E-state index < -0.39 is 5.76 Å². The average molecular weight is 269 g/mol. The molecule has 0 saturated heterocycles. The van der Waals surface area contributed by atoms with E-state index in [9.17, 15) is 4.79 Å². The molecular formula is C15H15N3O2. The van der Waals surface area contributed by atoms with Gasteiger partial charge < -0.3 is 15.1 Å². The van der Waals surface area contributed by atoms with Gasteiger partial charge in [-0.15, -0.1) is 0 Å². The summed E-state index contributed by atoms with van der Waals surface area (Å²) in [6, 6.07) is 13.5. The van der Waals surface area contributed by atoms with Crippen LogP contribution in [0.4, 0.5) is 17.1 Å². The monoisotopic (exact) mass is 269 g/mol. The molecule has 0 aliphatic rings. The van der Waals surface area contributed by atoms with Gasteiger partial charge in [-0.3, -0.25) is 4.98 Å². The molecule has 0 saturated carbocycles. The number of para-hydroxylation sites is 1. The van der Waals surface area contributed by atoms with E-state index in [0.717, 1.165) is 17.9 Å². The van der Waals surface area contributed by atoms with E-state index in [4.69, 9.17) is 10.2 Å². The van der Waals surface area contributed by atoms with Gasteiger partial charge in [-0.25, -0.2) is 4.79 Å². The molecule has 0 aliphatic carbocycles. The molecule has 2 aromatic carbocycles. The van der Waals surface area contributed by atoms with Crippen LogP contribution in [0.1, 0.15) is 6.92 Å². The number of rotatable bonds is 3. The first-order chi connectivity index (χ1) is 9.69. The lowest BCUT2D eigenvalue weighted by molar-refractivity contribution is 0.555. The van der Waals surface area contributed by atoms with Crippen LogP contribution >= 0.6 is 0 Å². The largest absolute Gasteiger partial charge is 0.417 e. The Morgan fingerprint density at radius 2 is 2.00 bits per heavy atom. The minimum Gasteiger partial charge on any atom is -0.408 e. The highest BCUT2D eigenvalue weighted by atomic mass is 16.4. The zero-order valence-corrected chi connectivity index (χ0v) is 11.1. The van der Waals surface area contributed by atoms with Gasteiger partial charge in [0.15, 0.2) is 5.58 Å². The Labute approximate surface area is 115 Å². The molecule has 1 heterocycles. The van der Waals surface area contributed by atoms with Crippen molar-refractivity contribution < 1.29 is 4.42 Å². The molecule has 0 bridgehead atoms. The Bertz CT molecular complexity index is 790. The van der Waals surface area contributed by atoms with Crippen LogP contribution in [0.25, 0.3) is 11.1 Å². The molecule has 5 heteroatoms. The summed E-state index contributed by atoms with van der Waals surface area (Å²) in [5.41, 5.74) is 9.68. The Morgan fingerprint density at radius 1 is 1.25 bits per heavy atom. The molecule has 3 rings (SSSR count). The van der Waals surface area contributed by atoms with E-state index in [-0.39, 0.29) is 0 Å². The lowest BCUT2D eigenvalue weighted by Gasteiger charge is -2.24. The maximum atomic E-state index is 11.2. The molecule has 102 valence electrons. The fourth-order valence-electron chi connectivity index (χ4n) is 2.34. The molecule has 1 aromatic heterocycles. The quantitative estimate of drug-likeness (QED) is 0.717. The van der Waals surface area contributed by atoms with E-state index in [1.165, 1.54) is 0 Å². The molecule has 0 unspecified atom stereocenters. The van der Waals surface area contributed by atoms with Crippen molar-refractivity contribution >= 4 is 28.2 Å². The van der Waals surface area contributed by atoms with Crippen molar-refractivity contribution in [1.29, 1.82) is 0 Å². The highest BCUT2D eigenvalue weighted by Crippen LogP contribution is 2.32. The number of nitrogens with one attached hydrogen (secondary N) is 1. The SMILES string of the molecule is CCN(c1ccccc1)c1cc2[nH]c(=O)oc2cc1N. The third-order valence-electron chi connectivity index (χ3n) is 3.24. The van der Waals surface area contributed by atoms with E-state index in [1.807, 2.05) is 36.4 Å². The predicted molar refractivity (Wildman–Crippen MR) is 80.4 cm³/mol. The second-order valence-electron chi connectivity index (χ2n) is 4.50. The zero-order chi connectivity index (χ0) is 14.1. The third-order valence-corrected chi connectivity index (χ3v) is 3.24. The normalized spacial score (nSPS) is 10.8. The van der Waals surface area contributed by atoms with Crippen LogP contribution < -0.4 is 16.4 Å². The first-order valence-corrected chi connectivity index (χ1v) is 6.44. The molecule has 20 heavy (non-hydrogen) atoms. The number of hydrogen-bond donors (Lipinski definition) is 2. The van der Waals surface area contributed by atoms with Gasteiger partial charge in [0.05, 0.1) is 16.9 Å². The molecule has 3 aromatic rings. The molecule has 5 nitrogen and oxygen atoms in total. The molecule has 0 amide bonds. The van der Waals surface area contributed by atoms with E-state index in [2.05, 4.69) is 16.8 Å². The van der Waals surface area contributed by atoms with Gasteiger partial charge in [0.25, 0.3) is 0 Å². The number of fused-ring (bicyclic) bond motifs is 1. The summed E-state index contributed by atoms with van der Waals surface area (Å²) in [4.78, 5) is 16.0. The molecule has 0 aliphatic heterocycles. The standard InChI is InChI=1S/C15H15N3O2/c1-2-18(10-6-4-3-5-7-10)13-9-12-14(8-11(13)16)20-15(19)17-12/h3-9H,2,16H2,1H3,(H,17,19). The van der Waals surface area contributed by atoms with Crippen LogP contribution in [0.3, 0.4) is 0 Å². The van der Waals surface area contributed by atoms with Gasteiger partial charge in [-0.05, 0) is 25.1 Å². The van der Waals surface area contributed by atoms with E-state index >= 15 is 0 Å². The number of hydrogen-bond acceptors (Lipinski definition) is 4. The van der Waals surface area contributed by atoms with Gasteiger partial charge >= 0.3 is 5.76 Å². The molecule has 0 radical (unpaired) electrons. The topological polar surface area (TPSA) is 75.3 Å². The number of anilines is 3. The number of aromatic nitrogens is 1. The Hall–Kier alpha value is -2.69. The summed E-state index contributed by atoms with van der Waals surface area (Å²) >= 11 is 0. The van der Waals surface area contributed by atoms with E-state index in [0.29, 0.717) is 16.8 Å². The van der Waals surface area contributed by atoms with Gasteiger partial charge in [0.1, 0.15) is 0 Å². The number of nitrogens with two attached hydrogens (primary N) is 1. The Morgan fingerprint density at radius 3 is 2.70 bits per heavy atom. The first-order valence-electron chi connectivity index (χ1n) is 6.44. The highest BCUT2D eigenvalue weighted by Gasteiger charge is 2.13. The van der Waals surface area contributed by atoms with E-state index in [1.54, 1.807) is 6.07 Å². The molecule has 3 N–H and O–H groups in total. The van der Waals surface area contributed by atoms with Crippen LogP contribution in [0.15, 0.2) is 51.7 Å². The summed E-state index contributed by atoms with van der Waals surface area (Å²) in [6.07, 6.45) is 0. The number of nitrogen functional groups attached to an aromatic ring is 1.